The SMILES string of the molecule is CP1(=O)c2ccccc2-c2cc(-c3ccc(-c4ccc(-c5nc(-c6ccccc6)nc(-c6ccc(-c7ccccc7)cc6)n5)cc4)c4ccccc34)ccc21. The predicted molar refractivity (Wildman–Crippen MR) is 228 cm³/mol. The van der Waals surface area contributed by atoms with Crippen molar-refractivity contribution in [1.29, 1.82) is 0 Å². The van der Waals surface area contributed by atoms with Gasteiger partial charge in [0.15, 0.2) is 17.5 Å². The molecule has 0 bridgehead atoms. The molecule has 0 radical (unpaired) electrons. The van der Waals surface area contributed by atoms with Crippen LogP contribution in [-0.4, -0.2) is 21.6 Å². The van der Waals surface area contributed by atoms with Crippen molar-refractivity contribution >= 4 is 28.5 Å². The molecule has 0 amide bonds. The molecule has 4 nitrogen and oxygen atoms in total. The van der Waals surface area contributed by atoms with E-state index < -0.39 is 7.14 Å². The maximum atomic E-state index is 13.8. The van der Waals surface area contributed by atoms with Crippen LogP contribution in [0.2, 0.25) is 0 Å². The Kier molecular flexibility index (Phi) is 7.94. The molecule has 0 spiro atoms. The van der Waals surface area contributed by atoms with Gasteiger partial charge in [-0.05, 0) is 74.1 Å². The minimum atomic E-state index is -2.62. The topological polar surface area (TPSA) is 55.7 Å². The summed E-state index contributed by atoms with van der Waals surface area (Å²) in [6.07, 6.45) is 0. The third kappa shape index (κ3) is 5.79. The van der Waals surface area contributed by atoms with Crippen LogP contribution in [0.4, 0.5) is 0 Å². The Bertz CT molecular complexity index is 2940. The van der Waals surface area contributed by atoms with Crippen LogP contribution in [0.3, 0.4) is 0 Å². The molecule has 9 aromatic rings. The Balaban J connectivity index is 1.02. The van der Waals surface area contributed by atoms with Crippen molar-refractivity contribution < 1.29 is 4.57 Å². The van der Waals surface area contributed by atoms with E-state index in [4.69, 9.17) is 15.0 Å². The summed E-state index contributed by atoms with van der Waals surface area (Å²) in [5, 5.41) is 4.24. The van der Waals surface area contributed by atoms with Crippen LogP contribution >= 0.6 is 7.14 Å². The van der Waals surface area contributed by atoms with Gasteiger partial charge in [-0.3, -0.25) is 0 Å². The Labute approximate surface area is 320 Å². The van der Waals surface area contributed by atoms with Crippen molar-refractivity contribution in [3.05, 3.63) is 188 Å². The molecule has 0 saturated heterocycles. The number of rotatable bonds is 6. The lowest BCUT2D eigenvalue weighted by molar-refractivity contribution is 0.591. The second-order valence-electron chi connectivity index (χ2n) is 14.1. The summed E-state index contributed by atoms with van der Waals surface area (Å²) >= 11 is 0. The van der Waals surface area contributed by atoms with Gasteiger partial charge in [-0.1, -0.05) is 176 Å². The fourth-order valence-electron chi connectivity index (χ4n) is 7.89. The first-order valence-electron chi connectivity index (χ1n) is 18.4. The quantitative estimate of drug-likeness (QED) is 0.160. The molecule has 55 heavy (non-hydrogen) atoms. The minimum absolute atomic E-state index is 0.623. The van der Waals surface area contributed by atoms with Crippen LogP contribution in [0.25, 0.3) is 89.4 Å². The first-order valence-corrected chi connectivity index (χ1v) is 20.6. The van der Waals surface area contributed by atoms with Crippen molar-refractivity contribution in [2.45, 2.75) is 0 Å². The highest BCUT2D eigenvalue weighted by atomic mass is 31.2. The Morgan fingerprint density at radius 1 is 0.327 bits per heavy atom. The summed E-state index contributed by atoms with van der Waals surface area (Å²) in [6, 6.07) is 64.9. The van der Waals surface area contributed by atoms with Crippen LogP contribution in [0.1, 0.15) is 0 Å². The standard InChI is InChI=1S/C50H34N3OP/c1-55(54)46-19-11-10-18-44(46)45-32-39(28-31-47(45)55)41-30-29-40(42-16-8-9-17-43(41)42)35-22-26-38(27-23-35)50-52-48(36-14-6-3-7-15-36)51-49(53-50)37-24-20-34(21-25-37)33-12-4-2-5-13-33/h2-32H,1H3. The van der Waals surface area contributed by atoms with Crippen LogP contribution in [0, 0.1) is 0 Å². The zero-order valence-electron chi connectivity index (χ0n) is 30.1. The maximum absolute atomic E-state index is 13.8. The van der Waals surface area contributed by atoms with Gasteiger partial charge in [0.2, 0.25) is 0 Å². The van der Waals surface area contributed by atoms with Gasteiger partial charge in [0.25, 0.3) is 0 Å². The Morgan fingerprint density at radius 2 is 0.727 bits per heavy atom. The first-order chi connectivity index (χ1) is 27.0. The van der Waals surface area contributed by atoms with Gasteiger partial charge in [-0.15, -0.1) is 0 Å². The number of hydrogen-bond donors (Lipinski definition) is 0. The largest absolute Gasteiger partial charge is 0.314 e. The highest BCUT2D eigenvalue weighted by Gasteiger charge is 2.34. The highest BCUT2D eigenvalue weighted by Crippen LogP contribution is 2.51. The molecule has 10 rings (SSSR count). The number of hydrogen-bond acceptors (Lipinski definition) is 4. The number of aromatic nitrogens is 3. The van der Waals surface area contributed by atoms with Gasteiger partial charge in [0, 0.05) is 27.3 Å². The van der Waals surface area contributed by atoms with Crippen molar-refractivity contribution in [2.75, 3.05) is 6.66 Å². The molecule has 2 heterocycles. The van der Waals surface area contributed by atoms with Gasteiger partial charge >= 0.3 is 0 Å². The van der Waals surface area contributed by atoms with E-state index in [0.717, 1.165) is 66.2 Å². The number of benzene rings is 8. The minimum Gasteiger partial charge on any atom is -0.314 e. The summed E-state index contributed by atoms with van der Waals surface area (Å²) in [7, 11) is -2.62. The molecule has 1 aromatic heterocycles. The van der Waals surface area contributed by atoms with Gasteiger partial charge in [0.05, 0.1) is 0 Å². The normalized spacial score (nSPS) is 14.4. The second kappa shape index (κ2) is 13.3. The summed E-state index contributed by atoms with van der Waals surface area (Å²) in [5.74, 6) is 1.89. The monoisotopic (exact) mass is 723 g/mol. The zero-order valence-corrected chi connectivity index (χ0v) is 31.0. The van der Waals surface area contributed by atoms with E-state index >= 15 is 0 Å². The van der Waals surface area contributed by atoms with Crippen LogP contribution in [-0.2, 0) is 4.57 Å². The predicted octanol–water partition coefficient (Wildman–Crippen LogP) is 12.0. The first kappa shape index (κ1) is 32.9. The molecule has 1 atom stereocenters. The van der Waals surface area contributed by atoms with Gasteiger partial charge in [0.1, 0.15) is 7.14 Å². The molecular weight excluding hydrogens is 690 g/mol. The Hall–Kier alpha value is -6.74. The number of nitrogens with zero attached hydrogens (tertiary/aromatic N) is 3. The fraction of sp³-hybridized carbons (Fsp3) is 0.0200. The average Bonchev–Trinajstić information content (AvgIpc) is 3.49. The summed E-state index contributed by atoms with van der Waals surface area (Å²) in [5.41, 5.74) is 11.8. The lowest BCUT2D eigenvalue weighted by atomic mass is 9.91. The van der Waals surface area contributed by atoms with E-state index in [2.05, 4.69) is 133 Å². The van der Waals surface area contributed by atoms with E-state index in [0.29, 0.717) is 17.5 Å². The highest BCUT2D eigenvalue weighted by molar-refractivity contribution is 7.79. The van der Waals surface area contributed by atoms with Crippen LogP contribution < -0.4 is 10.6 Å². The van der Waals surface area contributed by atoms with E-state index in [-0.39, 0.29) is 0 Å². The summed E-state index contributed by atoms with van der Waals surface area (Å²) in [4.78, 5) is 14.9. The molecule has 0 N–H and O–H groups in total. The van der Waals surface area contributed by atoms with Crippen molar-refractivity contribution in [1.82, 2.24) is 15.0 Å². The average molecular weight is 724 g/mol. The lowest BCUT2D eigenvalue weighted by Crippen LogP contribution is -2.07. The summed E-state index contributed by atoms with van der Waals surface area (Å²) < 4.78 is 13.8. The molecule has 260 valence electrons. The molecule has 1 unspecified atom stereocenters. The van der Waals surface area contributed by atoms with Crippen LogP contribution in [0.15, 0.2) is 188 Å². The zero-order chi connectivity index (χ0) is 36.9. The molecule has 5 heteroatoms. The second-order valence-corrected chi connectivity index (χ2v) is 16.9. The molecule has 0 aliphatic carbocycles. The molecule has 1 aliphatic heterocycles. The van der Waals surface area contributed by atoms with Crippen LogP contribution in [0.5, 0.6) is 0 Å². The molecule has 1 aliphatic rings. The summed E-state index contributed by atoms with van der Waals surface area (Å²) in [6.45, 7) is 1.89. The van der Waals surface area contributed by atoms with Gasteiger partial charge < -0.3 is 4.57 Å². The number of fused-ring (bicyclic) bond motifs is 4. The smallest absolute Gasteiger partial charge is 0.164 e. The van der Waals surface area contributed by atoms with E-state index in [1.165, 1.54) is 16.3 Å². The van der Waals surface area contributed by atoms with Crippen molar-refractivity contribution in [3.63, 3.8) is 0 Å². The van der Waals surface area contributed by atoms with Gasteiger partial charge in [-0.25, -0.2) is 15.0 Å². The van der Waals surface area contributed by atoms with Gasteiger partial charge in [-0.2, -0.15) is 0 Å². The van der Waals surface area contributed by atoms with Crippen molar-refractivity contribution in [2.24, 2.45) is 0 Å². The van der Waals surface area contributed by atoms with E-state index in [9.17, 15) is 4.57 Å². The van der Waals surface area contributed by atoms with E-state index in [1.807, 2.05) is 61.3 Å². The van der Waals surface area contributed by atoms with Crippen molar-refractivity contribution in [3.8, 4) is 78.7 Å². The molecule has 8 aromatic carbocycles. The Morgan fingerprint density at radius 3 is 1.33 bits per heavy atom. The molecule has 0 saturated carbocycles. The maximum Gasteiger partial charge on any atom is 0.164 e. The third-order valence-corrected chi connectivity index (χ3v) is 13.3. The third-order valence-electron chi connectivity index (χ3n) is 10.7. The lowest BCUT2D eigenvalue weighted by Gasteiger charge is -2.14. The molecular formula is C50H34N3OP. The van der Waals surface area contributed by atoms with E-state index in [1.54, 1.807) is 0 Å². The molecule has 0 fully saturated rings. The fourth-order valence-corrected chi connectivity index (χ4v) is 10.2.